The standard InChI is InChI=1S/C2H3O.Au.Na.H/c1-2-3;;;/h1H3;;;/q-1;2*+1;-1. The van der Waals surface area contributed by atoms with Gasteiger partial charge in [-0.3, -0.25) is 6.29 Å². The number of hydrogen-bond acceptors (Lipinski definition) is 1. The zero-order valence-electron chi connectivity index (χ0n) is 4.21. The van der Waals surface area contributed by atoms with Crippen LogP contribution in [-0.2, 0) is 27.2 Å². The topological polar surface area (TPSA) is 17.1 Å². The van der Waals surface area contributed by atoms with Crippen molar-refractivity contribution in [1.29, 1.82) is 0 Å². The van der Waals surface area contributed by atoms with Gasteiger partial charge in [0.05, 0.1) is 0 Å². The van der Waals surface area contributed by atoms with E-state index >= 15 is 0 Å². The molecule has 5 heavy (non-hydrogen) atoms. The van der Waals surface area contributed by atoms with Gasteiger partial charge in [0.25, 0.3) is 0 Å². The van der Waals surface area contributed by atoms with Crippen molar-refractivity contribution in [1.82, 2.24) is 0 Å². The van der Waals surface area contributed by atoms with Gasteiger partial charge in [-0.25, -0.2) is 0 Å². The van der Waals surface area contributed by atoms with E-state index in [1.807, 2.05) is 0 Å². The van der Waals surface area contributed by atoms with Crippen LogP contribution in [0.4, 0.5) is 0 Å². The molecule has 0 saturated carbocycles. The van der Waals surface area contributed by atoms with E-state index in [9.17, 15) is 0 Å². The molecule has 0 radical (unpaired) electrons. The Morgan fingerprint density at radius 3 is 1.80 bits per heavy atom. The second kappa shape index (κ2) is 18.1. The Labute approximate surface area is 70.8 Å². The third-order valence-corrected chi connectivity index (χ3v) is 0. The number of rotatable bonds is 0. The molecule has 0 rings (SSSR count). The molecule has 0 amide bonds. The van der Waals surface area contributed by atoms with E-state index < -0.39 is 0 Å². The van der Waals surface area contributed by atoms with Gasteiger partial charge in [0.2, 0.25) is 0 Å². The largest absolute Gasteiger partial charge is 1.00 e. The Morgan fingerprint density at radius 1 is 1.80 bits per heavy atom. The van der Waals surface area contributed by atoms with Crippen molar-refractivity contribution in [3.05, 3.63) is 0 Å². The predicted molar refractivity (Wildman–Crippen MR) is 12.5 cm³/mol. The van der Waals surface area contributed by atoms with Gasteiger partial charge < -0.3 is 6.22 Å². The molecule has 0 atom stereocenters. The molecule has 0 spiro atoms. The molecule has 0 aliphatic rings. The third kappa shape index (κ3) is 31.6. The first-order valence-electron chi connectivity index (χ1n) is 0.704. The summed E-state index contributed by atoms with van der Waals surface area (Å²) in [7, 11) is 0. The molecule has 0 aliphatic carbocycles. The minimum Gasteiger partial charge on any atom is -1.00 e. The molecule has 0 N–H and O–H groups in total. The average molecular weight is 264 g/mol. The Hall–Kier alpha value is 1.41. The van der Waals surface area contributed by atoms with Crippen LogP contribution in [0.5, 0.6) is 0 Å². The molecule has 0 bridgehead atoms. The van der Waals surface area contributed by atoms with Crippen molar-refractivity contribution >= 4 is 6.29 Å². The molecule has 0 aliphatic heterocycles. The summed E-state index contributed by atoms with van der Waals surface area (Å²) in [5.74, 6) is 0. The quantitative estimate of drug-likeness (QED) is 0.342. The van der Waals surface area contributed by atoms with Crippen molar-refractivity contribution < 1.29 is 58.2 Å². The van der Waals surface area contributed by atoms with Crippen LogP contribution in [-0.4, -0.2) is 6.29 Å². The van der Waals surface area contributed by atoms with Crippen LogP contribution < -0.4 is 29.6 Å². The summed E-state index contributed by atoms with van der Waals surface area (Å²) in [6.45, 7) is 1.32. The van der Waals surface area contributed by atoms with Crippen molar-refractivity contribution in [2.45, 2.75) is 6.92 Å². The summed E-state index contributed by atoms with van der Waals surface area (Å²) in [5, 5.41) is 0. The van der Waals surface area contributed by atoms with Crippen LogP contribution in [0.25, 0.3) is 0 Å². The molecule has 1 nitrogen and oxygen atoms in total. The molecule has 0 saturated heterocycles. The maximum absolute atomic E-state index is 8.68. The molecule has 0 aromatic carbocycles. The van der Waals surface area contributed by atoms with Crippen LogP contribution in [0.1, 0.15) is 8.35 Å². The SMILES string of the molecule is C[C-]=O.[Au+].[H-].[Na+]. The molecule has 0 aromatic rings. The van der Waals surface area contributed by atoms with Crippen molar-refractivity contribution in [2.75, 3.05) is 0 Å². The molecular formula is C2H4AuNaO. The van der Waals surface area contributed by atoms with E-state index in [1.54, 1.807) is 0 Å². The summed E-state index contributed by atoms with van der Waals surface area (Å²) in [6, 6.07) is 0. The van der Waals surface area contributed by atoms with Gasteiger partial charge in [-0.2, -0.15) is 6.92 Å². The predicted octanol–water partition coefficient (Wildman–Crippen LogP) is -2.77. The first kappa shape index (κ1) is 16.1. The monoisotopic (exact) mass is 264 g/mol. The normalized spacial score (nSPS) is 2.60. The molecule has 0 heterocycles. The van der Waals surface area contributed by atoms with E-state index in [0.29, 0.717) is 0 Å². The summed E-state index contributed by atoms with van der Waals surface area (Å²) in [4.78, 5) is 8.68. The minimum atomic E-state index is 0. The van der Waals surface area contributed by atoms with Crippen LogP contribution in [0.2, 0.25) is 0 Å². The summed E-state index contributed by atoms with van der Waals surface area (Å²) >= 11 is 0. The Balaban J connectivity index is -0.00000000667. The number of carbonyl (C=O) groups excluding carboxylic acids is 1. The Kier molecular flexibility index (Phi) is 58.5. The Morgan fingerprint density at radius 2 is 1.80 bits per heavy atom. The van der Waals surface area contributed by atoms with E-state index in [4.69, 9.17) is 4.79 Å². The van der Waals surface area contributed by atoms with Gasteiger partial charge >= 0.3 is 51.9 Å². The maximum Gasteiger partial charge on any atom is 1.00 e. The summed E-state index contributed by atoms with van der Waals surface area (Å²) in [6.07, 6.45) is 1.50. The maximum atomic E-state index is 8.68. The fraction of sp³-hybridized carbons (Fsp3) is 0.500. The molecular weight excluding hydrogens is 260 g/mol. The van der Waals surface area contributed by atoms with Gasteiger partial charge in [-0.1, -0.05) is 0 Å². The minimum absolute atomic E-state index is 0. The van der Waals surface area contributed by atoms with Gasteiger partial charge in [0.1, 0.15) is 0 Å². The van der Waals surface area contributed by atoms with Crippen LogP contribution >= 0.6 is 0 Å². The van der Waals surface area contributed by atoms with Gasteiger partial charge in [0, 0.05) is 0 Å². The molecule has 0 fully saturated rings. The molecule has 0 unspecified atom stereocenters. The fourth-order valence-corrected chi connectivity index (χ4v) is 0. The first-order valence-corrected chi connectivity index (χ1v) is 0.704. The van der Waals surface area contributed by atoms with Crippen molar-refractivity contribution in [3.8, 4) is 0 Å². The van der Waals surface area contributed by atoms with Crippen LogP contribution in [0, 0.1) is 0 Å². The smallest absolute Gasteiger partial charge is 1.00 e. The van der Waals surface area contributed by atoms with E-state index in [2.05, 4.69) is 0 Å². The number of hydrogen-bond donors (Lipinski definition) is 0. The van der Waals surface area contributed by atoms with E-state index in [-0.39, 0.29) is 53.4 Å². The molecule has 0 aromatic heterocycles. The van der Waals surface area contributed by atoms with Gasteiger partial charge in [-0.15, -0.1) is 0 Å². The first-order chi connectivity index (χ1) is 1.41. The molecule has 30 valence electrons. The second-order valence-electron chi connectivity index (χ2n) is 0.204. The zero-order chi connectivity index (χ0) is 2.71. The van der Waals surface area contributed by atoms with Gasteiger partial charge in [0.15, 0.2) is 0 Å². The van der Waals surface area contributed by atoms with Crippen LogP contribution in [0.15, 0.2) is 0 Å². The molecule has 3 heteroatoms. The summed E-state index contributed by atoms with van der Waals surface area (Å²) in [5.41, 5.74) is 0. The average Bonchev–Trinajstić information content (AvgIpc) is 0.918. The van der Waals surface area contributed by atoms with Crippen molar-refractivity contribution in [2.24, 2.45) is 0 Å². The van der Waals surface area contributed by atoms with E-state index in [1.165, 1.54) is 13.2 Å². The van der Waals surface area contributed by atoms with Crippen molar-refractivity contribution in [3.63, 3.8) is 0 Å². The summed E-state index contributed by atoms with van der Waals surface area (Å²) < 4.78 is 0. The zero-order valence-corrected chi connectivity index (χ0v) is 7.38. The van der Waals surface area contributed by atoms with Gasteiger partial charge in [-0.05, 0) is 0 Å². The van der Waals surface area contributed by atoms with E-state index in [0.717, 1.165) is 0 Å². The van der Waals surface area contributed by atoms with Crippen LogP contribution in [0.3, 0.4) is 0 Å². The third-order valence-electron chi connectivity index (χ3n) is 0. The second-order valence-corrected chi connectivity index (χ2v) is 0.204. The Bertz CT molecular complexity index is 21.0. The fourth-order valence-electron chi connectivity index (χ4n) is 0.